The van der Waals surface area contributed by atoms with Gasteiger partial charge in [0.25, 0.3) is 0 Å². The Balaban J connectivity index is 2.32. The van der Waals surface area contributed by atoms with E-state index in [9.17, 15) is 0 Å². The lowest BCUT2D eigenvalue weighted by Gasteiger charge is -2.27. The fourth-order valence-electron chi connectivity index (χ4n) is 2.71. The highest BCUT2D eigenvalue weighted by Crippen LogP contribution is 2.34. The molecule has 1 aliphatic rings. The van der Waals surface area contributed by atoms with E-state index < -0.39 is 0 Å². The minimum Gasteiger partial charge on any atom is -0.384 e. The molecule has 2 rings (SSSR count). The summed E-state index contributed by atoms with van der Waals surface area (Å²) in [6.45, 7) is 6.75. The first-order valence-electron chi connectivity index (χ1n) is 6.78. The van der Waals surface area contributed by atoms with Crippen molar-refractivity contribution in [3.63, 3.8) is 0 Å². The molecule has 0 atom stereocenters. The van der Waals surface area contributed by atoms with Crippen LogP contribution in [0.3, 0.4) is 0 Å². The molecule has 1 fully saturated rings. The number of anilines is 1. The van der Waals surface area contributed by atoms with Gasteiger partial charge in [-0.1, -0.05) is 19.9 Å². The molecule has 1 aliphatic heterocycles. The first-order valence-corrected chi connectivity index (χ1v) is 7.58. The molecule has 0 saturated carbocycles. The number of nitrogen functional groups attached to an aromatic ring is 1. The van der Waals surface area contributed by atoms with Gasteiger partial charge in [0.15, 0.2) is 0 Å². The van der Waals surface area contributed by atoms with E-state index >= 15 is 0 Å². The third-order valence-corrected chi connectivity index (χ3v) is 4.60. The normalized spacial score (nSPS) is 19.0. The van der Waals surface area contributed by atoms with Crippen molar-refractivity contribution in [2.24, 2.45) is 11.1 Å². The SMILES string of the molecule is CC1(C)CCCN(c2cccc(Br)c2C(=N)N)CC1. The Morgan fingerprint density at radius 2 is 2.05 bits per heavy atom. The maximum Gasteiger partial charge on any atom is 0.126 e. The topological polar surface area (TPSA) is 53.1 Å². The summed E-state index contributed by atoms with van der Waals surface area (Å²) in [5, 5.41) is 7.79. The van der Waals surface area contributed by atoms with Gasteiger partial charge < -0.3 is 10.6 Å². The number of nitrogens with two attached hydrogens (primary N) is 1. The highest BCUT2D eigenvalue weighted by atomic mass is 79.9. The van der Waals surface area contributed by atoms with Crippen LogP contribution in [0, 0.1) is 10.8 Å². The molecule has 19 heavy (non-hydrogen) atoms. The zero-order valence-corrected chi connectivity index (χ0v) is 13.3. The lowest BCUT2D eigenvalue weighted by Crippen LogP contribution is -2.28. The van der Waals surface area contributed by atoms with Crippen molar-refractivity contribution in [2.45, 2.75) is 33.1 Å². The molecule has 1 heterocycles. The molecule has 4 heteroatoms. The molecule has 3 N–H and O–H groups in total. The Kier molecular flexibility index (Phi) is 4.19. The number of nitrogens with one attached hydrogen (secondary N) is 1. The monoisotopic (exact) mass is 323 g/mol. The van der Waals surface area contributed by atoms with Crippen LogP contribution in [0.2, 0.25) is 0 Å². The van der Waals surface area contributed by atoms with Gasteiger partial charge in [0.2, 0.25) is 0 Å². The molecular formula is C15H22BrN3. The van der Waals surface area contributed by atoms with Gasteiger partial charge in [-0.05, 0) is 52.7 Å². The van der Waals surface area contributed by atoms with Crippen LogP contribution in [0.4, 0.5) is 5.69 Å². The zero-order chi connectivity index (χ0) is 14.0. The van der Waals surface area contributed by atoms with Crippen LogP contribution in [0.1, 0.15) is 38.7 Å². The van der Waals surface area contributed by atoms with Gasteiger partial charge in [-0.3, -0.25) is 5.41 Å². The Morgan fingerprint density at radius 1 is 1.32 bits per heavy atom. The summed E-state index contributed by atoms with van der Waals surface area (Å²) in [5.41, 5.74) is 8.06. The number of hydrogen-bond donors (Lipinski definition) is 2. The molecule has 104 valence electrons. The van der Waals surface area contributed by atoms with Gasteiger partial charge >= 0.3 is 0 Å². The van der Waals surface area contributed by atoms with Crippen LogP contribution in [-0.4, -0.2) is 18.9 Å². The van der Waals surface area contributed by atoms with E-state index in [1.165, 1.54) is 19.3 Å². The van der Waals surface area contributed by atoms with E-state index in [4.69, 9.17) is 11.1 Å². The summed E-state index contributed by atoms with van der Waals surface area (Å²) in [6.07, 6.45) is 3.63. The van der Waals surface area contributed by atoms with Gasteiger partial charge in [-0.2, -0.15) is 0 Å². The molecule has 1 saturated heterocycles. The van der Waals surface area contributed by atoms with Crippen LogP contribution < -0.4 is 10.6 Å². The van der Waals surface area contributed by atoms with Crippen molar-refractivity contribution >= 4 is 27.5 Å². The third kappa shape index (κ3) is 3.30. The van der Waals surface area contributed by atoms with Crippen molar-refractivity contribution in [1.29, 1.82) is 5.41 Å². The van der Waals surface area contributed by atoms with Crippen molar-refractivity contribution in [3.8, 4) is 0 Å². The number of amidine groups is 1. The van der Waals surface area contributed by atoms with Crippen LogP contribution in [0.5, 0.6) is 0 Å². The van der Waals surface area contributed by atoms with Crippen molar-refractivity contribution in [2.75, 3.05) is 18.0 Å². The largest absolute Gasteiger partial charge is 0.384 e. The number of rotatable bonds is 2. The summed E-state index contributed by atoms with van der Waals surface area (Å²) in [4.78, 5) is 2.37. The number of benzene rings is 1. The first kappa shape index (κ1) is 14.4. The zero-order valence-electron chi connectivity index (χ0n) is 11.7. The van der Waals surface area contributed by atoms with Crippen LogP contribution in [0.25, 0.3) is 0 Å². The molecule has 0 aliphatic carbocycles. The van der Waals surface area contributed by atoms with E-state index in [1.807, 2.05) is 12.1 Å². The summed E-state index contributed by atoms with van der Waals surface area (Å²) >= 11 is 3.51. The van der Waals surface area contributed by atoms with Gasteiger partial charge in [0.1, 0.15) is 5.84 Å². The second-order valence-corrected chi connectivity index (χ2v) is 6.91. The van der Waals surface area contributed by atoms with Crippen LogP contribution in [-0.2, 0) is 0 Å². The summed E-state index contributed by atoms with van der Waals surface area (Å²) in [6, 6.07) is 6.03. The number of nitrogens with zero attached hydrogens (tertiary/aromatic N) is 1. The lowest BCUT2D eigenvalue weighted by atomic mass is 9.85. The minimum atomic E-state index is 0.131. The molecule has 0 spiro atoms. The predicted molar refractivity (Wildman–Crippen MR) is 85.0 cm³/mol. The van der Waals surface area contributed by atoms with E-state index in [0.717, 1.165) is 28.8 Å². The van der Waals surface area contributed by atoms with Crippen LogP contribution >= 0.6 is 15.9 Å². The molecule has 0 bridgehead atoms. The van der Waals surface area contributed by atoms with E-state index in [-0.39, 0.29) is 5.84 Å². The molecule has 0 unspecified atom stereocenters. The Morgan fingerprint density at radius 3 is 2.74 bits per heavy atom. The molecular weight excluding hydrogens is 302 g/mol. The highest BCUT2D eigenvalue weighted by Gasteiger charge is 2.24. The van der Waals surface area contributed by atoms with E-state index in [2.05, 4.69) is 40.7 Å². The lowest BCUT2D eigenvalue weighted by molar-refractivity contribution is 0.325. The van der Waals surface area contributed by atoms with Crippen molar-refractivity contribution in [3.05, 3.63) is 28.2 Å². The number of hydrogen-bond acceptors (Lipinski definition) is 2. The summed E-state index contributed by atoms with van der Waals surface area (Å²) < 4.78 is 0.904. The van der Waals surface area contributed by atoms with Crippen molar-refractivity contribution in [1.82, 2.24) is 0 Å². The fourth-order valence-corrected chi connectivity index (χ4v) is 3.28. The third-order valence-electron chi connectivity index (χ3n) is 3.94. The molecule has 1 aromatic carbocycles. The Bertz CT molecular complexity index is 482. The van der Waals surface area contributed by atoms with Crippen LogP contribution in [0.15, 0.2) is 22.7 Å². The fraction of sp³-hybridized carbons (Fsp3) is 0.533. The van der Waals surface area contributed by atoms with Gasteiger partial charge in [-0.25, -0.2) is 0 Å². The predicted octanol–water partition coefficient (Wildman–Crippen LogP) is 3.75. The maximum atomic E-state index is 7.79. The second kappa shape index (κ2) is 5.53. The number of halogens is 1. The molecule has 0 aromatic heterocycles. The summed E-state index contributed by atoms with van der Waals surface area (Å²) in [5.74, 6) is 0.131. The van der Waals surface area contributed by atoms with Crippen molar-refractivity contribution < 1.29 is 0 Å². The first-order chi connectivity index (χ1) is 8.91. The van der Waals surface area contributed by atoms with E-state index in [1.54, 1.807) is 0 Å². The van der Waals surface area contributed by atoms with Gasteiger partial charge in [0.05, 0.1) is 5.56 Å². The molecule has 0 amide bonds. The smallest absolute Gasteiger partial charge is 0.126 e. The van der Waals surface area contributed by atoms with E-state index in [0.29, 0.717) is 5.41 Å². The van der Waals surface area contributed by atoms with Gasteiger partial charge in [0, 0.05) is 23.2 Å². The molecule has 0 radical (unpaired) electrons. The summed E-state index contributed by atoms with van der Waals surface area (Å²) in [7, 11) is 0. The average molecular weight is 324 g/mol. The Labute approximate surface area is 123 Å². The molecule has 1 aromatic rings. The average Bonchev–Trinajstić information content (AvgIpc) is 2.49. The quantitative estimate of drug-likeness (QED) is 0.643. The standard InChI is InChI=1S/C15H22BrN3/c1-15(2)7-4-9-19(10-8-15)12-6-3-5-11(16)13(12)14(17)18/h3,5-6H,4,7-10H2,1-2H3,(H3,17,18). The second-order valence-electron chi connectivity index (χ2n) is 6.05. The minimum absolute atomic E-state index is 0.131. The van der Waals surface area contributed by atoms with Gasteiger partial charge in [-0.15, -0.1) is 0 Å². The Hall–Kier alpha value is -1.03. The maximum absolute atomic E-state index is 7.79. The molecule has 3 nitrogen and oxygen atoms in total. The highest BCUT2D eigenvalue weighted by molar-refractivity contribution is 9.10.